The fourth-order valence-corrected chi connectivity index (χ4v) is 3.44. The lowest BCUT2D eigenvalue weighted by molar-refractivity contribution is -0.142. The van der Waals surface area contributed by atoms with Crippen LogP contribution in [0.3, 0.4) is 0 Å². The van der Waals surface area contributed by atoms with Crippen LogP contribution in [0.25, 0.3) is 0 Å². The lowest BCUT2D eigenvalue weighted by atomic mass is 10.2. The molecule has 1 heterocycles. The SMILES string of the molecule is COC(=O)COc1c(Br)cc(C=Nc2ccc(N3CCOCC3)cc2)cc1OC. The first kappa shape index (κ1) is 21.1. The molecule has 2 aromatic rings. The van der Waals surface area contributed by atoms with Crippen molar-refractivity contribution in [1.82, 2.24) is 0 Å². The lowest BCUT2D eigenvalue weighted by Gasteiger charge is -2.28. The van der Waals surface area contributed by atoms with Gasteiger partial charge in [-0.1, -0.05) is 0 Å². The first-order chi connectivity index (χ1) is 14.1. The van der Waals surface area contributed by atoms with Crippen molar-refractivity contribution in [2.75, 3.05) is 52.0 Å². The van der Waals surface area contributed by atoms with Crippen LogP contribution in [0.4, 0.5) is 11.4 Å². The van der Waals surface area contributed by atoms with Crippen molar-refractivity contribution in [3.63, 3.8) is 0 Å². The third kappa shape index (κ3) is 5.71. The van der Waals surface area contributed by atoms with Crippen LogP contribution in [-0.2, 0) is 14.3 Å². The predicted molar refractivity (Wildman–Crippen MR) is 115 cm³/mol. The van der Waals surface area contributed by atoms with Crippen molar-refractivity contribution in [3.05, 3.63) is 46.4 Å². The molecule has 1 saturated heterocycles. The quantitative estimate of drug-likeness (QED) is 0.462. The van der Waals surface area contributed by atoms with E-state index < -0.39 is 5.97 Å². The highest BCUT2D eigenvalue weighted by atomic mass is 79.9. The molecule has 0 aromatic heterocycles. The van der Waals surface area contributed by atoms with Gasteiger partial charge < -0.3 is 23.8 Å². The maximum Gasteiger partial charge on any atom is 0.343 e. The van der Waals surface area contributed by atoms with Crippen LogP contribution in [0.2, 0.25) is 0 Å². The maximum atomic E-state index is 11.3. The zero-order chi connectivity index (χ0) is 20.6. The second-order valence-electron chi connectivity index (χ2n) is 6.27. The van der Waals surface area contributed by atoms with Gasteiger partial charge in [0.05, 0.1) is 37.6 Å². The molecule has 0 spiro atoms. The zero-order valence-electron chi connectivity index (χ0n) is 16.4. The molecule has 1 fully saturated rings. The molecule has 0 N–H and O–H groups in total. The highest BCUT2D eigenvalue weighted by Gasteiger charge is 2.13. The van der Waals surface area contributed by atoms with Gasteiger partial charge >= 0.3 is 5.97 Å². The molecule has 0 radical (unpaired) electrons. The minimum atomic E-state index is -0.467. The second kappa shape index (κ2) is 10.3. The molecule has 0 bridgehead atoms. The Morgan fingerprint density at radius 3 is 2.59 bits per heavy atom. The van der Waals surface area contributed by atoms with Gasteiger partial charge in [0.25, 0.3) is 0 Å². The van der Waals surface area contributed by atoms with Gasteiger partial charge in [-0.3, -0.25) is 4.99 Å². The number of carbonyl (C=O) groups is 1. The number of morpholine rings is 1. The van der Waals surface area contributed by atoms with E-state index in [2.05, 4.69) is 42.7 Å². The topological polar surface area (TPSA) is 69.6 Å². The molecule has 0 atom stereocenters. The van der Waals surface area contributed by atoms with Crippen LogP contribution >= 0.6 is 15.9 Å². The average Bonchev–Trinajstić information content (AvgIpc) is 2.77. The van der Waals surface area contributed by atoms with E-state index in [-0.39, 0.29) is 6.61 Å². The summed E-state index contributed by atoms with van der Waals surface area (Å²) in [6.07, 6.45) is 1.75. The summed E-state index contributed by atoms with van der Waals surface area (Å²) < 4.78 is 21.5. The van der Waals surface area contributed by atoms with E-state index in [0.29, 0.717) is 16.0 Å². The Morgan fingerprint density at radius 1 is 1.21 bits per heavy atom. The maximum absolute atomic E-state index is 11.3. The fourth-order valence-electron chi connectivity index (χ4n) is 2.86. The van der Waals surface area contributed by atoms with Crippen LogP contribution in [0.5, 0.6) is 11.5 Å². The van der Waals surface area contributed by atoms with Crippen LogP contribution in [0, 0.1) is 0 Å². The Balaban J connectivity index is 1.71. The molecular weight excluding hydrogens is 440 g/mol. The van der Waals surface area contributed by atoms with E-state index in [1.165, 1.54) is 19.9 Å². The number of hydrogen-bond acceptors (Lipinski definition) is 7. The Kier molecular flexibility index (Phi) is 7.48. The Bertz CT molecular complexity index is 864. The third-order valence-electron chi connectivity index (χ3n) is 4.40. The van der Waals surface area contributed by atoms with Gasteiger partial charge in [0, 0.05) is 25.0 Å². The van der Waals surface area contributed by atoms with E-state index >= 15 is 0 Å². The van der Waals surface area contributed by atoms with E-state index in [0.717, 1.165) is 37.6 Å². The number of benzene rings is 2. The molecule has 0 aliphatic carbocycles. The van der Waals surface area contributed by atoms with E-state index in [9.17, 15) is 4.79 Å². The van der Waals surface area contributed by atoms with E-state index in [1.807, 2.05) is 18.2 Å². The smallest absolute Gasteiger partial charge is 0.343 e. The summed E-state index contributed by atoms with van der Waals surface area (Å²) in [7, 11) is 2.85. The van der Waals surface area contributed by atoms with E-state index in [1.54, 1.807) is 12.3 Å². The normalized spacial score (nSPS) is 14.1. The van der Waals surface area contributed by atoms with Crippen LogP contribution in [-0.4, -0.2) is 59.3 Å². The number of anilines is 1. The molecule has 0 unspecified atom stereocenters. The lowest BCUT2D eigenvalue weighted by Crippen LogP contribution is -2.36. The van der Waals surface area contributed by atoms with Crippen LogP contribution in [0.1, 0.15) is 5.56 Å². The van der Waals surface area contributed by atoms with Crippen LogP contribution in [0.15, 0.2) is 45.9 Å². The first-order valence-electron chi connectivity index (χ1n) is 9.14. The number of aliphatic imine (C=N–C) groups is 1. The van der Waals surface area contributed by atoms with Gasteiger partial charge in [-0.15, -0.1) is 0 Å². The standard InChI is InChI=1S/C21H23BrN2O5/c1-26-19-12-15(11-18(22)21(19)29-14-20(25)27-2)13-23-16-3-5-17(6-4-16)24-7-9-28-10-8-24/h3-6,11-13H,7-10,14H2,1-2H3. The van der Waals surface area contributed by atoms with Gasteiger partial charge in [-0.25, -0.2) is 4.79 Å². The molecular formula is C21H23BrN2O5. The van der Waals surface area contributed by atoms with Gasteiger partial charge in [-0.05, 0) is 57.9 Å². The van der Waals surface area contributed by atoms with Gasteiger partial charge in [-0.2, -0.15) is 0 Å². The molecule has 2 aromatic carbocycles. The monoisotopic (exact) mass is 462 g/mol. The molecule has 3 rings (SSSR count). The van der Waals surface area contributed by atoms with Crippen molar-refractivity contribution in [3.8, 4) is 11.5 Å². The molecule has 7 nitrogen and oxygen atoms in total. The van der Waals surface area contributed by atoms with Crippen LogP contribution < -0.4 is 14.4 Å². The van der Waals surface area contributed by atoms with Crippen molar-refractivity contribution in [2.45, 2.75) is 0 Å². The number of methoxy groups -OCH3 is 2. The minimum absolute atomic E-state index is 0.200. The summed E-state index contributed by atoms with van der Waals surface area (Å²) in [5.41, 5.74) is 2.85. The van der Waals surface area contributed by atoms with Crippen molar-refractivity contribution in [1.29, 1.82) is 0 Å². The molecule has 8 heteroatoms. The molecule has 0 amide bonds. The molecule has 1 aliphatic heterocycles. The van der Waals surface area contributed by atoms with Gasteiger partial charge in [0.2, 0.25) is 0 Å². The number of hydrogen-bond donors (Lipinski definition) is 0. The highest BCUT2D eigenvalue weighted by Crippen LogP contribution is 2.36. The van der Waals surface area contributed by atoms with Crippen molar-refractivity contribution < 1.29 is 23.7 Å². The van der Waals surface area contributed by atoms with Gasteiger partial charge in [0.1, 0.15) is 0 Å². The third-order valence-corrected chi connectivity index (χ3v) is 4.99. The van der Waals surface area contributed by atoms with Gasteiger partial charge in [0.15, 0.2) is 18.1 Å². The fraction of sp³-hybridized carbons (Fsp3) is 0.333. The molecule has 154 valence electrons. The summed E-state index contributed by atoms with van der Waals surface area (Å²) >= 11 is 3.46. The molecule has 1 aliphatic rings. The van der Waals surface area contributed by atoms with E-state index in [4.69, 9.17) is 14.2 Å². The number of nitrogens with zero attached hydrogens (tertiary/aromatic N) is 2. The zero-order valence-corrected chi connectivity index (χ0v) is 18.0. The summed E-state index contributed by atoms with van der Waals surface area (Å²) in [4.78, 5) is 18.1. The Hall–Kier alpha value is -2.58. The first-order valence-corrected chi connectivity index (χ1v) is 9.94. The number of esters is 1. The average molecular weight is 463 g/mol. The summed E-state index contributed by atoms with van der Waals surface area (Å²) in [5.74, 6) is 0.461. The largest absolute Gasteiger partial charge is 0.493 e. The number of halogens is 1. The predicted octanol–water partition coefficient (Wildman–Crippen LogP) is 3.60. The Morgan fingerprint density at radius 2 is 1.93 bits per heavy atom. The Labute approximate surface area is 178 Å². The number of ether oxygens (including phenoxy) is 4. The second-order valence-corrected chi connectivity index (χ2v) is 7.13. The number of carbonyl (C=O) groups excluding carboxylic acids is 1. The van der Waals surface area contributed by atoms with Crippen molar-refractivity contribution >= 4 is 39.5 Å². The highest BCUT2D eigenvalue weighted by molar-refractivity contribution is 9.10. The number of rotatable bonds is 7. The summed E-state index contributed by atoms with van der Waals surface area (Å²) in [6.45, 7) is 3.13. The summed E-state index contributed by atoms with van der Waals surface area (Å²) in [6, 6.07) is 11.8. The minimum Gasteiger partial charge on any atom is -0.493 e. The molecule has 0 saturated carbocycles. The molecule has 29 heavy (non-hydrogen) atoms. The summed E-state index contributed by atoms with van der Waals surface area (Å²) in [5, 5.41) is 0. The van der Waals surface area contributed by atoms with Crippen molar-refractivity contribution in [2.24, 2.45) is 4.99 Å².